The highest BCUT2D eigenvalue weighted by atomic mass is 19.3. The first kappa shape index (κ1) is 23.1. The van der Waals surface area contributed by atoms with E-state index in [-0.39, 0.29) is 46.7 Å². The van der Waals surface area contributed by atoms with E-state index in [1.165, 1.54) is 53.7 Å². The number of rotatable bonds is 8. The smallest absolute Gasteiger partial charge is 0.387 e. The molecule has 0 saturated carbocycles. The van der Waals surface area contributed by atoms with Crippen LogP contribution in [0, 0.1) is 0 Å². The van der Waals surface area contributed by atoms with Crippen molar-refractivity contribution in [1.29, 1.82) is 0 Å². The van der Waals surface area contributed by atoms with Crippen molar-refractivity contribution in [3.05, 3.63) is 78.1 Å². The number of carbonyl (C=O) groups excluding carboxylic acids is 1. The molecule has 1 N–H and O–H groups in total. The molecule has 1 fully saturated rings. The molecule has 8 nitrogen and oxygen atoms in total. The van der Waals surface area contributed by atoms with Gasteiger partial charge in [0.25, 0.3) is 5.91 Å². The first-order valence-corrected chi connectivity index (χ1v) is 10.3. The zero-order chi connectivity index (χ0) is 24.1. The van der Waals surface area contributed by atoms with Crippen molar-refractivity contribution in [3.63, 3.8) is 0 Å². The van der Waals surface area contributed by atoms with Crippen LogP contribution in [-0.4, -0.2) is 47.9 Å². The van der Waals surface area contributed by atoms with E-state index >= 15 is 0 Å². The van der Waals surface area contributed by atoms with Crippen LogP contribution in [0.2, 0.25) is 0 Å². The highest BCUT2D eigenvalue weighted by Crippen LogP contribution is 2.38. The summed E-state index contributed by atoms with van der Waals surface area (Å²) in [6, 6.07) is 13.0. The molecule has 0 radical (unpaired) electrons. The molecule has 0 bridgehead atoms. The summed E-state index contributed by atoms with van der Waals surface area (Å²) in [6.07, 6.45) is 3.08. The van der Waals surface area contributed by atoms with Crippen LogP contribution in [0.25, 0.3) is 0 Å². The maximum atomic E-state index is 13.5. The second-order valence-corrected chi connectivity index (χ2v) is 7.35. The summed E-state index contributed by atoms with van der Waals surface area (Å²) >= 11 is 0. The van der Waals surface area contributed by atoms with Gasteiger partial charge in [0, 0.05) is 24.9 Å². The molecule has 1 aliphatic heterocycles. The Hall–Kier alpha value is -4.05. The number of alkyl halides is 2. The molecule has 34 heavy (non-hydrogen) atoms. The first-order chi connectivity index (χ1) is 16.4. The van der Waals surface area contributed by atoms with E-state index in [1.807, 2.05) is 0 Å². The fraction of sp³-hybridized carbons (Fsp3) is 0.208. The Balaban J connectivity index is 1.80. The van der Waals surface area contributed by atoms with Crippen molar-refractivity contribution < 1.29 is 37.7 Å². The third-order valence-electron chi connectivity index (χ3n) is 5.05. The molecule has 1 atom stereocenters. The third kappa shape index (κ3) is 5.29. The van der Waals surface area contributed by atoms with Crippen LogP contribution in [0.5, 0.6) is 11.5 Å². The lowest BCUT2D eigenvalue weighted by atomic mass is 10.1. The van der Waals surface area contributed by atoms with Gasteiger partial charge in [-0.15, -0.1) is 0 Å². The van der Waals surface area contributed by atoms with Gasteiger partial charge in [-0.1, -0.05) is 6.07 Å². The van der Waals surface area contributed by atoms with E-state index in [4.69, 9.17) is 9.47 Å². The third-order valence-corrected chi connectivity index (χ3v) is 5.05. The number of aromatic carboxylic acids is 1. The van der Waals surface area contributed by atoms with Gasteiger partial charge in [0.05, 0.1) is 35.7 Å². The molecule has 0 aliphatic carbocycles. The lowest BCUT2D eigenvalue weighted by molar-refractivity contribution is -0.0521. The van der Waals surface area contributed by atoms with Crippen LogP contribution >= 0.6 is 0 Å². The topological polar surface area (TPSA) is 98.2 Å². The average Bonchev–Trinajstić information content (AvgIpc) is 3.34. The van der Waals surface area contributed by atoms with Gasteiger partial charge in [-0.2, -0.15) is 8.78 Å². The monoisotopic (exact) mass is 470 g/mol. The Morgan fingerprint density at radius 1 is 1.06 bits per heavy atom. The maximum absolute atomic E-state index is 13.5. The number of anilines is 2. The second-order valence-electron chi connectivity index (χ2n) is 7.35. The Morgan fingerprint density at radius 2 is 1.85 bits per heavy atom. The van der Waals surface area contributed by atoms with E-state index < -0.39 is 18.5 Å². The van der Waals surface area contributed by atoms with Crippen LogP contribution in [0.1, 0.15) is 27.1 Å². The summed E-state index contributed by atoms with van der Waals surface area (Å²) in [5, 5.41) is 9.41. The summed E-state index contributed by atoms with van der Waals surface area (Å²) in [5.74, 6) is -1.86. The van der Waals surface area contributed by atoms with Gasteiger partial charge >= 0.3 is 12.6 Å². The van der Waals surface area contributed by atoms with Crippen molar-refractivity contribution in [2.24, 2.45) is 0 Å². The molecule has 1 amide bonds. The molecule has 10 heteroatoms. The van der Waals surface area contributed by atoms with Crippen LogP contribution in [0.3, 0.4) is 0 Å². The van der Waals surface area contributed by atoms with Gasteiger partial charge in [-0.25, -0.2) is 4.79 Å². The van der Waals surface area contributed by atoms with Crippen LogP contribution in [0.4, 0.5) is 20.2 Å². The largest absolute Gasteiger partial charge is 0.484 e. The van der Waals surface area contributed by atoms with Crippen molar-refractivity contribution in [3.8, 4) is 11.5 Å². The number of nitrogens with zero attached hydrogens (tertiary/aromatic N) is 2. The van der Waals surface area contributed by atoms with Crippen molar-refractivity contribution in [1.82, 2.24) is 4.98 Å². The number of pyridine rings is 1. The predicted molar refractivity (Wildman–Crippen MR) is 117 cm³/mol. The van der Waals surface area contributed by atoms with Crippen molar-refractivity contribution in [2.75, 3.05) is 18.1 Å². The quantitative estimate of drug-likeness (QED) is 0.517. The molecule has 2 aromatic carbocycles. The molecule has 1 saturated heterocycles. The number of amides is 1. The zero-order valence-corrected chi connectivity index (χ0v) is 17.8. The summed E-state index contributed by atoms with van der Waals surface area (Å²) in [5.41, 5.74) is 0.722. The molecular weight excluding hydrogens is 450 g/mol. The van der Waals surface area contributed by atoms with E-state index in [2.05, 4.69) is 9.72 Å². The highest BCUT2D eigenvalue weighted by Gasteiger charge is 2.25. The van der Waals surface area contributed by atoms with Gasteiger partial charge in [-0.05, 0) is 42.5 Å². The minimum atomic E-state index is -3.08. The summed E-state index contributed by atoms with van der Waals surface area (Å²) in [6.45, 7) is -2.31. The molecule has 1 aliphatic rings. The molecule has 0 spiro atoms. The Bertz CT molecular complexity index is 1170. The zero-order valence-electron chi connectivity index (χ0n) is 17.8. The number of ether oxygens (including phenoxy) is 3. The fourth-order valence-corrected chi connectivity index (χ4v) is 3.49. The summed E-state index contributed by atoms with van der Waals surface area (Å²) < 4.78 is 41.7. The molecule has 2 heterocycles. The standard InChI is InChI=1S/C24H20F2N2O6/c25-24(26)34-20-7-6-18(12-21(20)33-19-8-10-32-14-19)28(22(29)16-4-2-9-27-13-16)17-5-1-3-15(11-17)23(30)31/h1-7,9,11-13,19,24H,8,10,14H2,(H,30,31)/t19-/m1/s1. The lowest BCUT2D eigenvalue weighted by Crippen LogP contribution is -2.26. The lowest BCUT2D eigenvalue weighted by Gasteiger charge is -2.25. The number of carbonyl (C=O) groups is 2. The molecule has 1 aromatic heterocycles. The van der Waals surface area contributed by atoms with E-state index in [0.717, 1.165) is 0 Å². The SMILES string of the molecule is O=C(O)c1cccc(N(C(=O)c2cccnc2)c2ccc(OC(F)F)c(O[C@@H]3CCOC3)c2)c1. The van der Waals surface area contributed by atoms with Gasteiger partial charge in [0.1, 0.15) is 6.10 Å². The van der Waals surface area contributed by atoms with Crippen molar-refractivity contribution in [2.45, 2.75) is 19.1 Å². The van der Waals surface area contributed by atoms with E-state index in [0.29, 0.717) is 13.0 Å². The van der Waals surface area contributed by atoms with Gasteiger partial charge in [-0.3, -0.25) is 14.7 Å². The summed E-state index contributed by atoms with van der Waals surface area (Å²) in [4.78, 5) is 30.2. The van der Waals surface area contributed by atoms with Gasteiger partial charge in [0.15, 0.2) is 11.5 Å². The molecular formula is C24H20F2N2O6. The predicted octanol–water partition coefficient (Wildman–Crippen LogP) is 4.53. The maximum Gasteiger partial charge on any atom is 0.387 e. The fourth-order valence-electron chi connectivity index (χ4n) is 3.49. The average molecular weight is 470 g/mol. The molecule has 4 rings (SSSR count). The number of aromatic nitrogens is 1. The normalized spacial score (nSPS) is 15.2. The number of carboxylic acids is 1. The van der Waals surface area contributed by atoms with E-state index in [1.54, 1.807) is 18.2 Å². The Kier molecular flexibility index (Phi) is 6.98. The minimum absolute atomic E-state index is 0.00618. The van der Waals surface area contributed by atoms with Gasteiger partial charge < -0.3 is 19.3 Å². The summed E-state index contributed by atoms with van der Waals surface area (Å²) in [7, 11) is 0. The number of hydrogen-bond donors (Lipinski definition) is 1. The van der Waals surface area contributed by atoms with Gasteiger partial charge in [0.2, 0.25) is 0 Å². The molecule has 176 valence electrons. The van der Waals surface area contributed by atoms with Crippen LogP contribution < -0.4 is 14.4 Å². The molecule has 0 unspecified atom stereocenters. The Labute approximate surface area is 193 Å². The molecule has 3 aromatic rings. The highest BCUT2D eigenvalue weighted by molar-refractivity contribution is 6.11. The number of carboxylic acid groups (broad SMARTS) is 1. The first-order valence-electron chi connectivity index (χ1n) is 10.3. The number of hydrogen-bond acceptors (Lipinski definition) is 6. The minimum Gasteiger partial charge on any atom is -0.484 e. The second kappa shape index (κ2) is 10.3. The number of halogens is 2. The van der Waals surface area contributed by atoms with Crippen LogP contribution in [-0.2, 0) is 4.74 Å². The number of benzene rings is 2. The van der Waals surface area contributed by atoms with Crippen molar-refractivity contribution >= 4 is 23.3 Å². The Morgan fingerprint density at radius 3 is 2.53 bits per heavy atom. The van der Waals surface area contributed by atoms with Crippen LogP contribution in [0.15, 0.2) is 67.0 Å². The van der Waals surface area contributed by atoms with E-state index in [9.17, 15) is 23.5 Å².